The van der Waals surface area contributed by atoms with Crippen molar-refractivity contribution >= 4 is 33.2 Å². The number of nitrogens with zero attached hydrogens (tertiary/aromatic N) is 1. The van der Waals surface area contributed by atoms with Crippen LogP contribution < -0.4 is 5.73 Å². The molecule has 0 aliphatic rings. The molecular weight excluding hydrogens is 264 g/mol. The Balaban J connectivity index is 4.48. The van der Waals surface area contributed by atoms with Gasteiger partial charge in [-0.15, -0.1) is 0 Å². The smallest absolute Gasteiger partial charge is 0.306 e. The van der Waals surface area contributed by atoms with Gasteiger partial charge in [0.15, 0.2) is 0 Å². The summed E-state index contributed by atoms with van der Waals surface area (Å²) < 4.78 is 29.3. The Morgan fingerprint density at radius 2 is 2.06 bits per heavy atom. The number of carbonyl (C=O) groups is 1. The number of hydrogen-bond acceptors (Lipinski definition) is 5. The van der Waals surface area contributed by atoms with Gasteiger partial charge in [0.05, 0.1) is 29.8 Å². The molecule has 0 rings (SSSR count). The molecule has 1 unspecified atom stereocenters. The number of esters is 1. The van der Waals surface area contributed by atoms with E-state index >= 15 is 0 Å². The van der Waals surface area contributed by atoms with Crippen LogP contribution in [0.15, 0.2) is 0 Å². The Kier molecular flexibility index (Phi) is 6.58. The van der Waals surface area contributed by atoms with Crippen molar-refractivity contribution in [3.63, 3.8) is 0 Å². The summed E-state index contributed by atoms with van der Waals surface area (Å²) >= 11 is 4.72. The first-order valence-electron chi connectivity index (χ1n) is 5.13. The maximum Gasteiger partial charge on any atom is 0.306 e. The molecule has 0 heterocycles. The molecule has 0 radical (unpaired) electrons. The van der Waals surface area contributed by atoms with Crippen LogP contribution in [0.5, 0.6) is 0 Å². The van der Waals surface area contributed by atoms with Crippen molar-refractivity contribution in [3.05, 3.63) is 0 Å². The fourth-order valence-corrected chi connectivity index (χ4v) is 2.54. The first kappa shape index (κ1) is 16.3. The van der Waals surface area contributed by atoms with Gasteiger partial charge in [0.25, 0.3) is 0 Å². The second-order valence-corrected chi connectivity index (χ2v) is 6.09. The Bertz CT molecular complexity index is 380. The van der Waals surface area contributed by atoms with Crippen LogP contribution >= 0.6 is 12.2 Å². The average Bonchev–Trinajstić information content (AvgIpc) is 2.24. The van der Waals surface area contributed by atoms with E-state index in [9.17, 15) is 13.2 Å². The molecule has 8 heteroatoms. The van der Waals surface area contributed by atoms with Crippen LogP contribution in [0.25, 0.3) is 0 Å². The third-order valence-electron chi connectivity index (χ3n) is 2.27. The predicted molar refractivity (Wildman–Crippen MR) is 69.0 cm³/mol. The van der Waals surface area contributed by atoms with Gasteiger partial charge in [0.2, 0.25) is 10.0 Å². The van der Waals surface area contributed by atoms with E-state index in [2.05, 4.69) is 4.74 Å². The topological polar surface area (TPSA) is 89.7 Å². The lowest BCUT2D eigenvalue weighted by Crippen LogP contribution is -2.43. The number of sulfonamides is 1. The molecule has 0 amide bonds. The summed E-state index contributed by atoms with van der Waals surface area (Å²) in [6, 6.07) is -0.572. The lowest BCUT2D eigenvalue weighted by atomic mass is 10.3. The molecule has 0 spiro atoms. The number of hydrogen-bond donors (Lipinski definition) is 1. The van der Waals surface area contributed by atoms with Crippen LogP contribution in [0, 0.1) is 0 Å². The Labute approximate surface area is 107 Å². The molecule has 0 aromatic carbocycles. The summed E-state index contributed by atoms with van der Waals surface area (Å²) in [4.78, 5) is 11.2. The van der Waals surface area contributed by atoms with E-state index < -0.39 is 22.0 Å². The fourth-order valence-electron chi connectivity index (χ4n) is 1.01. The molecule has 100 valence electrons. The van der Waals surface area contributed by atoms with Crippen LogP contribution in [-0.2, 0) is 19.6 Å². The Morgan fingerprint density at radius 1 is 1.53 bits per heavy atom. The van der Waals surface area contributed by atoms with Crippen molar-refractivity contribution in [1.29, 1.82) is 0 Å². The summed E-state index contributed by atoms with van der Waals surface area (Å²) in [5, 5.41) is 0. The quantitative estimate of drug-likeness (QED) is 0.517. The third kappa shape index (κ3) is 5.42. The molecule has 6 nitrogen and oxygen atoms in total. The minimum atomic E-state index is -3.55. The molecule has 0 saturated carbocycles. The van der Waals surface area contributed by atoms with Crippen molar-refractivity contribution in [2.75, 3.05) is 19.4 Å². The number of thiocarbonyl (C=S) groups is 1. The van der Waals surface area contributed by atoms with Gasteiger partial charge in [-0.2, -0.15) is 4.31 Å². The van der Waals surface area contributed by atoms with E-state index in [1.54, 1.807) is 13.8 Å². The molecule has 0 bridgehead atoms. The minimum absolute atomic E-state index is 0.0900. The van der Waals surface area contributed by atoms with Crippen molar-refractivity contribution in [1.82, 2.24) is 4.31 Å². The molecule has 0 aromatic heterocycles. The molecule has 2 N–H and O–H groups in total. The molecule has 0 aromatic rings. The van der Waals surface area contributed by atoms with Gasteiger partial charge >= 0.3 is 5.97 Å². The van der Waals surface area contributed by atoms with Gasteiger partial charge in [0, 0.05) is 7.05 Å². The maximum atomic E-state index is 11.8. The van der Waals surface area contributed by atoms with Crippen LogP contribution in [-0.4, -0.2) is 49.1 Å². The van der Waals surface area contributed by atoms with Gasteiger partial charge in [-0.1, -0.05) is 12.2 Å². The Morgan fingerprint density at radius 3 is 2.47 bits per heavy atom. The first-order valence-corrected chi connectivity index (χ1v) is 7.14. The van der Waals surface area contributed by atoms with Gasteiger partial charge in [-0.3, -0.25) is 4.79 Å². The van der Waals surface area contributed by atoms with E-state index in [1.165, 1.54) is 7.05 Å². The highest BCUT2D eigenvalue weighted by molar-refractivity contribution is 7.89. The van der Waals surface area contributed by atoms with Crippen molar-refractivity contribution in [2.45, 2.75) is 26.3 Å². The average molecular weight is 282 g/mol. The van der Waals surface area contributed by atoms with Crippen LogP contribution in [0.1, 0.15) is 20.3 Å². The second kappa shape index (κ2) is 6.87. The summed E-state index contributed by atoms with van der Waals surface area (Å²) in [7, 11) is -2.17. The van der Waals surface area contributed by atoms with Crippen LogP contribution in [0.4, 0.5) is 0 Å². The lowest BCUT2D eigenvalue weighted by Gasteiger charge is -2.22. The number of nitrogens with two attached hydrogens (primary N) is 1. The zero-order valence-electron chi connectivity index (χ0n) is 10.2. The summed E-state index contributed by atoms with van der Waals surface area (Å²) in [5.74, 6) is -0.845. The van der Waals surface area contributed by atoms with Gasteiger partial charge in [-0.25, -0.2) is 8.42 Å². The van der Waals surface area contributed by atoms with Gasteiger partial charge in [-0.05, 0) is 13.8 Å². The van der Waals surface area contributed by atoms with E-state index in [-0.39, 0.29) is 23.8 Å². The number of carbonyl (C=O) groups excluding carboxylic acids is 1. The number of ether oxygens (including phenoxy) is 1. The van der Waals surface area contributed by atoms with Crippen molar-refractivity contribution in [3.8, 4) is 0 Å². The first-order chi connectivity index (χ1) is 7.72. The number of rotatable bonds is 7. The molecule has 0 fully saturated rings. The lowest BCUT2D eigenvalue weighted by molar-refractivity contribution is -0.142. The Hall–Kier alpha value is -0.730. The van der Waals surface area contributed by atoms with E-state index in [4.69, 9.17) is 18.0 Å². The highest BCUT2D eigenvalue weighted by Crippen LogP contribution is 2.07. The minimum Gasteiger partial charge on any atom is -0.466 e. The molecular formula is C9H18N2O4S2. The molecule has 17 heavy (non-hydrogen) atoms. The van der Waals surface area contributed by atoms with Crippen LogP contribution in [0.3, 0.4) is 0 Å². The van der Waals surface area contributed by atoms with Gasteiger partial charge in [0.1, 0.15) is 0 Å². The van der Waals surface area contributed by atoms with Gasteiger partial charge < -0.3 is 10.5 Å². The summed E-state index contributed by atoms with van der Waals surface area (Å²) in [5.41, 5.74) is 5.37. The normalized spacial score (nSPS) is 13.4. The van der Waals surface area contributed by atoms with E-state index in [0.717, 1.165) is 4.31 Å². The summed E-state index contributed by atoms with van der Waals surface area (Å²) in [6.07, 6.45) is -0.176. The molecule has 0 aliphatic carbocycles. The predicted octanol–water partition coefficient (Wildman–Crippen LogP) is -0.124. The fraction of sp³-hybridized carbons (Fsp3) is 0.778. The zero-order valence-corrected chi connectivity index (χ0v) is 11.8. The SMILES string of the molecule is CCOC(=O)CCS(=O)(=O)N(C)C(C)C(N)=S. The molecule has 0 saturated heterocycles. The van der Waals surface area contributed by atoms with Crippen molar-refractivity contribution < 1.29 is 17.9 Å². The van der Waals surface area contributed by atoms with E-state index in [1.807, 2.05) is 0 Å². The highest BCUT2D eigenvalue weighted by atomic mass is 32.2. The monoisotopic (exact) mass is 282 g/mol. The number of likely N-dealkylation sites (N-methyl/N-ethyl adjacent to an activating group) is 1. The van der Waals surface area contributed by atoms with Crippen LogP contribution in [0.2, 0.25) is 0 Å². The molecule has 1 atom stereocenters. The van der Waals surface area contributed by atoms with E-state index in [0.29, 0.717) is 0 Å². The maximum absolute atomic E-state index is 11.8. The standard InChI is InChI=1S/C9H18N2O4S2/c1-4-15-8(12)5-6-17(13,14)11(3)7(2)9(10)16/h7H,4-6H2,1-3H3,(H2,10,16). The summed E-state index contributed by atoms with van der Waals surface area (Å²) in [6.45, 7) is 3.48. The van der Waals surface area contributed by atoms with Crippen molar-refractivity contribution in [2.24, 2.45) is 5.73 Å². The largest absolute Gasteiger partial charge is 0.466 e. The third-order valence-corrected chi connectivity index (χ3v) is 4.52. The second-order valence-electron chi connectivity index (χ2n) is 3.47. The zero-order chi connectivity index (χ0) is 13.6. The highest BCUT2D eigenvalue weighted by Gasteiger charge is 2.25. The molecule has 0 aliphatic heterocycles.